The highest BCUT2D eigenvalue weighted by atomic mass is 32.1. The van der Waals surface area contributed by atoms with E-state index in [0.29, 0.717) is 6.04 Å². The van der Waals surface area contributed by atoms with Crippen molar-refractivity contribution in [2.24, 2.45) is 11.8 Å². The van der Waals surface area contributed by atoms with Gasteiger partial charge >= 0.3 is 0 Å². The van der Waals surface area contributed by atoms with Crippen molar-refractivity contribution >= 4 is 11.3 Å². The molecule has 3 unspecified atom stereocenters. The third-order valence-corrected chi connectivity index (χ3v) is 3.74. The normalized spacial score (nSPS) is 28.8. The largest absolute Gasteiger partial charge is 0.316 e. The molecule has 2 nitrogen and oxygen atoms in total. The van der Waals surface area contributed by atoms with Gasteiger partial charge in [-0.05, 0) is 25.3 Å². The van der Waals surface area contributed by atoms with Crippen molar-refractivity contribution in [3.8, 4) is 0 Å². The van der Waals surface area contributed by atoms with E-state index in [2.05, 4.69) is 29.7 Å². The van der Waals surface area contributed by atoms with Crippen LogP contribution in [0.15, 0.2) is 11.6 Å². The number of hydrogen-bond acceptors (Lipinski definition) is 3. The first-order chi connectivity index (χ1) is 6.31. The van der Waals surface area contributed by atoms with Crippen LogP contribution in [0.5, 0.6) is 0 Å². The zero-order valence-corrected chi connectivity index (χ0v) is 8.97. The second-order valence-corrected chi connectivity index (χ2v) is 4.88. The van der Waals surface area contributed by atoms with Gasteiger partial charge in [-0.3, -0.25) is 0 Å². The summed E-state index contributed by atoms with van der Waals surface area (Å²) in [6.45, 7) is 2.33. The van der Waals surface area contributed by atoms with E-state index in [1.54, 1.807) is 11.3 Å². The Kier molecular flexibility index (Phi) is 2.65. The molecular weight excluding hydrogens is 180 g/mol. The Bertz CT molecular complexity index is 258. The van der Waals surface area contributed by atoms with Crippen LogP contribution in [0, 0.1) is 11.8 Å². The van der Waals surface area contributed by atoms with Crippen LogP contribution >= 0.6 is 11.3 Å². The Morgan fingerprint density at radius 2 is 2.54 bits per heavy atom. The van der Waals surface area contributed by atoms with Gasteiger partial charge in [0.15, 0.2) is 0 Å². The van der Waals surface area contributed by atoms with Crippen LogP contribution in [0.4, 0.5) is 0 Å². The van der Waals surface area contributed by atoms with Crippen LogP contribution in [-0.2, 0) is 6.42 Å². The maximum atomic E-state index is 4.32. The fourth-order valence-corrected chi connectivity index (χ4v) is 2.60. The monoisotopic (exact) mass is 196 g/mol. The molecule has 1 saturated carbocycles. The number of nitrogens with one attached hydrogen (secondary N) is 1. The zero-order valence-electron chi connectivity index (χ0n) is 8.16. The van der Waals surface area contributed by atoms with Crippen LogP contribution in [0.25, 0.3) is 0 Å². The Morgan fingerprint density at radius 1 is 1.77 bits per heavy atom. The molecule has 1 N–H and O–H groups in total. The third-order valence-electron chi connectivity index (χ3n) is 2.94. The molecule has 0 spiro atoms. The molecule has 0 amide bonds. The number of hydrogen-bond donors (Lipinski definition) is 1. The summed E-state index contributed by atoms with van der Waals surface area (Å²) in [5.41, 5.74) is 0. The molecule has 1 aliphatic rings. The Labute approximate surface area is 83.4 Å². The molecule has 1 fully saturated rings. The molecule has 1 aromatic rings. The lowest BCUT2D eigenvalue weighted by Crippen LogP contribution is -2.30. The van der Waals surface area contributed by atoms with Crippen molar-refractivity contribution in [2.75, 3.05) is 7.05 Å². The molecule has 13 heavy (non-hydrogen) atoms. The average Bonchev–Trinajstić information content (AvgIpc) is 2.68. The van der Waals surface area contributed by atoms with E-state index in [9.17, 15) is 0 Å². The Hall–Kier alpha value is -0.410. The first kappa shape index (κ1) is 9.16. The number of likely N-dealkylation sites (N-methyl/N-ethyl adjacent to an activating group) is 1. The van der Waals surface area contributed by atoms with Gasteiger partial charge in [-0.1, -0.05) is 6.92 Å². The highest BCUT2D eigenvalue weighted by Gasteiger charge is 2.38. The summed E-state index contributed by atoms with van der Waals surface area (Å²) in [4.78, 5) is 4.32. The summed E-state index contributed by atoms with van der Waals surface area (Å²) in [7, 11) is 2.06. The molecule has 3 heteroatoms. The molecule has 0 saturated heterocycles. The summed E-state index contributed by atoms with van der Waals surface area (Å²) in [6.07, 6.45) is 4.38. The van der Waals surface area contributed by atoms with Crippen molar-refractivity contribution in [3.63, 3.8) is 0 Å². The standard InChI is InChI=1S/C10H16N2S/c1-7-5-8(7)9(11-2)6-10-12-3-4-13-10/h3-4,7-9,11H,5-6H2,1-2H3. The van der Waals surface area contributed by atoms with Gasteiger partial charge in [0.2, 0.25) is 0 Å². The second-order valence-electron chi connectivity index (χ2n) is 3.90. The predicted octanol–water partition coefficient (Wildman–Crippen LogP) is 1.93. The predicted molar refractivity (Wildman–Crippen MR) is 55.9 cm³/mol. The molecule has 1 aromatic heterocycles. The van der Waals surface area contributed by atoms with Gasteiger partial charge < -0.3 is 5.32 Å². The minimum absolute atomic E-state index is 0.640. The van der Waals surface area contributed by atoms with Crippen molar-refractivity contribution in [2.45, 2.75) is 25.8 Å². The van der Waals surface area contributed by atoms with Crippen molar-refractivity contribution in [1.82, 2.24) is 10.3 Å². The van der Waals surface area contributed by atoms with E-state index in [4.69, 9.17) is 0 Å². The first-order valence-electron chi connectivity index (χ1n) is 4.87. The molecule has 72 valence electrons. The zero-order chi connectivity index (χ0) is 9.26. The Balaban J connectivity index is 1.91. The van der Waals surface area contributed by atoms with Crippen LogP contribution in [0.1, 0.15) is 18.4 Å². The maximum absolute atomic E-state index is 4.32. The van der Waals surface area contributed by atoms with Gasteiger partial charge in [0, 0.05) is 24.0 Å². The van der Waals surface area contributed by atoms with Crippen molar-refractivity contribution in [3.05, 3.63) is 16.6 Å². The lowest BCUT2D eigenvalue weighted by molar-refractivity contribution is 0.478. The average molecular weight is 196 g/mol. The summed E-state index contributed by atoms with van der Waals surface area (Å²) >= 11 is 1.76. The van der Waals surface area contributed by atoms with Crippen LogP contribution in [-0.4, -0.2) is 18.1 Å². The van der Waals surface area contributed by atoms with Crippen LogP contribution in [0.3, 0.4) is 0 Å². The molecule has 2 rings (SSSR count). The van der Waals surface area contributed by atoms with Gasteiger partial charge in [0.05, 0.1) is 5.01 Å². The lowest BCUT2D eigenvalue weighted by atomic mass is 10.1. The fraction of sp³-hybridized carbons (Fsp3) is 0.700. The van der Waals surface area contributed by atoms with Crippen LogP contribution < -0.4 is 5.32 Å². The molecule has 3 atom stereocenters. The van der Waals surface area contributed by atoms with E-state index in [1.807, 2.05) is 6.20 Å². The molecular formula is C10H16N2S. The van der Waals surface area contributed by atoms with Gasteiger partial charge in [-0.15, -0.1) is 11.3 Å². The third kappa shape index (κ3) is 2.09. The van der Waals surface area contributed by atoms with Gasteiger partial charge in [0.1, 0.15) is 0 Å². The van der Waals surface area contributed by atoms with Gasteiger partial charge in [-0.2, -0.15) is 0 Å². The number of thiazole rings is 1. The molecule has 0 bridgehead atoms. The van der Waals surface area contributed by atoms with Crippen LogP contribution in [0.2, 0.25) is 0 Å². The number of rotatable bonds is 4. The SMILES string of the molecule is CNC(Cc1nccs1)C1CC1C. The van der Waals surface area contributed by atoms with Crippen molar-refractivity contribution < 1.29 is 0 Å². The minimum Gasteiger partial charge on any atom is -0.316 e. The molecule has 0 aliphatic heterocycles. The summed E-state index contributed by atoms with van der Waals surface area (Å²) in [6, 6.07) is 0.640. The lowest BCUT2D eigenvalue weighted by Gasteiger charge is -2.13. The first-order valence-corrected chi connectivity index (χ1v) is 5.75. The molecule has 0 aromatic carbocycles. The van der Waals surface area contributed by atoms with Crippen molar-refractivity contribution in [1.29, 1.82) is 0 Å². The van der Waals surface area contributed by atoms with Gasteiger partial charge in [0.25, 0.3) is 0 Å². The summed E-state index contributed by atoms with van der Waals surface area (Å²) in [5, 5.41) is 6.72. The highest BCUT2D eigenvalue weighted by Crippen LogP contribution is 2.41. The summed E-state index contributed by atoms with van der Waals surface area (Å²) < 4.78 is 0. The second kappa shape index (κ2) is 3.76. The van der Waals surface area contributed by atoms with E-state index in [1.165, 1.54) is 11.4 Å². The number of aromatic nitrogens is 1. The van der Waals surface area contributed by atoms with E-state index in [0.717, 1.165) is 18.3 Å². The molecule has 0 radical (unpaired) electrons. The highest BCUT2D eigenvalue weighted by molar-refractivity contribution is 7.09. The Morgan fingerprint density at radius 3 is 3.00 bits per heavy atom. The minimum atomic E-state index is 0.640. The van der Waals surface area contributed by atoms with E-state index >= 15 is 0 Å². The molecule has 1 aliphatic carbocycles. The van der Waals surface area contributed by atoms with Gasteiger partial charge in [-0.25, -0.2) is 4.98 Å². The summed E-state index contributed by atoms with van der Waals surface area (Å²) in [5.74, 6) is 1.80. The smallest absolute Gasteiger partial charge is 0.0940 e. The quantitative estimate of drug-likeness (QED) is 0.796. The van der Waals surface area contributed by atoms with E-state index < -0.39 is 0 Å². The molecule has 1 heterocycles. The van der Waals surface area contributed by atoms with E-state index in [-0.39, 0.29) is 0 Å². The topological polar surface area (TPSA) is 24.9 Å². The maximum Gasteiger partial charge on any atom is 0.0940 e. The fourth-order valence-electron chi connectivity index (χ4n) is 1.92. The number of nitrogens with zero attached hydrogens (tertiary/aromatic N) is 1.